The SMILES string of the molecule is CC[C@@H](C)NC(=O)C[NH+]1CC[NH+](Cc2ccc(OC)c(OC)c2)CC1. The van der Waals surface area contributed by atoms with Gasteiger partial charge in [-0.15, -0.1) is 0 Å². The Kier molecular flexibility index (Phi) is 7.52. The second-order valence-electron chi connectivity index (χ2n) is 6.92. The molecule has 0 aliphatic carbocycles. The minimum absolute atomic E-state index is 0.174. The average Bonchev–Trinajstić information content (AvgIpc) is 2.63. The van der Waals surface area contributed by atoms with Crippen LogP contribution in [0.4, 0.5) is 0 Å². The summed E-state index contributed by atoms with van der Waals surface area (Å²) < 4.78 is 10.7. The predicted octanol–water partition coefficient (Wildman–Crippen LogP) is -1.10. The lowest BCUT2D eigenvalue weighted by molar-refractivity contribution is -1.02. The summed E-state index contributed by atoms with van der Waals surface area (Å²) in [6, 6.07) is 6.40. The third-order valence-corrected chi connectivity index (χ3v) is 5.00. The molecule has 0 spiro atoms. The van der Waals surface area contributed by atoms with Crippen molar-refractivity contribution in [1.82, 2.24) is 5.32 Å². The second-order valence-corrected chi connectivity index (χ2v) is 6.92. The van der Waals surface area contributed by atoms with E-state index in [0.717, 1.165) is 50.6 Å². The van der Waals surface area contributed by atoms with Crippen LogP contribution >= 0.6 is 0 Å². The molecule has 1 amide bonds. The zero-order valence-corrected chi connectivity index (χ0v) is 16.0. The van der Waals surface area contributed by atoms with Crippen molar-refractivity contribution in [3.05, 3.63) is 23.8 Å². The molecule has 25 heavy (non-hydrogen) atoms. The van der Waals surface area contributed by atoms with Crippen LogP contribution in [-0.4, -0.2) is 58.9 Å². The average molecular weight is 351 g/mol. The van der Waals surface area contributed by atoms with E-state index in [-0.39, 0.29) is 11.9 Å². The number of ether oxygens (including phenoxy) is 2. The fraction of sp³-hybridized carbons (Fsp3) is 0.632. The van der Waals surface area contributed by atoms with Gasteiger partial charge in [-0.1, -0.05) is 6.92 Å². The molecule has 1 heterocycles. The maximum absolute atomic E-state index is 12.0. The van der Waals surface area contributed by atoms with Crippen LogP contribution in [-0.2, 0) is 11.3 Å². The molecular formula is C19H33N3O3+2. The first-order valence-electron chi connectivity index (χ1n) is 9.23. The summed E-state index contributed by atoms with van der Waals surface area (Å²) in [6.45, 7) is 9.96. The lowest BCUT2D eigenvalue weighted by Gasteiger charge is -2.29. The highest BCUT2D eigenvalue weighted by Gasteiger charge is 2.25. The van der Waals surface area contributed by atoms with Crippen LogP contribution in [0.15, 0.2) is 18.2 Å². The maximum Gasteiger partial charge on any atom is 0.275 e. The van der Waals surface area contributed by atoms with Crippen molar-refractivity contribution in [1.29, 1.82) is 0 Å². The van der Waals surface area contributed by atoms with E-state index < -0.39 is 0 Å². The van der Waals surface area contributed by atoms with Crippen molar-refractivity contribution >= 4 is 5.91 Å². The van der Waals surface area contributed by atoms with Gasteiger partial charge >= 0.3 is 0 Å². The molecule has 1 aromatic carbocycles. The van der Waals surface area contributed by atoms with Gasteiger partial charge in [0, 0.05) is 11.6 Å². The Balaban J connectivity index is 1.79. The third-order valence-electron chi connectivity index (χ3n) is 5.00. The van der Waals surface area contributed by atoms with E-state index >= 15 is 0 Å². The summed E-state index contributed by atoms with van der Waals surface area (Å²) in [5, 5.41) is 3.06. The van der Waals surface area contributed by atoms with E-state index in [1.54, 1.807) is 19.1 Å². The molecule has 1 fully saturated rings. The molecule has 1 aliphatic rings. The molecule has 6 heteroatoms. The first-order chi connectivity index (χ1) is 12.0. The Morgan fingerprint density at radius 2 is 1.76 bits per heavy atom. The monoisotopic (exact) mass is 351 g/mol. The van der Waals surface area contributed by atoms with Crippen LogP contribution in [0.5, 0.6) is 11.5 Å². The van der Waals surface area contributed by atoms with Crippen molar-refractivity contribution in [3.63, 3.8) is 0 Å². The van der Waals surface area contributed by atoms with Gasteiger partial charge in [0.15, 0.2) is 18.0 Å². The number of hydrogen-bond donors (Lipinski definition) is 3. The summed E-state index contributed by atoms with van der Waals surface area (Å²) in [5.74, 6) is 1.72. The predicted molar refractivity (Wildman–Crippen MR) is 97.4 cm³/mol. The lowest BCUT2D eigenvalue weighted by atomic mass is 10.1. The third kappa shape index (κ3) is 5.90. The lowest BCUT2D eigenvalue weighted by Crippen LogP contribution is -3.28. The number of quaternary nitrogens is 2. The number of piperazine rings is 1. The summed E-state index contributed by atoms with van der Waals surface area (Å²) in [5.41, 5.74) is 1.26. The van der Waals surface area contributed by atoms with E-state index in [9.17, 15) is 4.79 Å². The van der Waals surface area contributed by atoms with Gasteiger partial charge in [0.2, 0.25) is 0 Å². The Bertz CT molecular complexity index is 557. The Morgan fingerprint density at radius 3 is 2.36 bits per heavy atom. The van der Waals surface area contributed by atoms with Gasteiger partial charge in [-0.05, 0) is 31.5 Å². The summed E-state index contributed by atoms with van der Waals surface area (Å²) in [6.07, 6.45) is 0.977. The van der Waals surface area contributed by atoms with E-state index in [4.69, 9.17) is 9.47 Å². The Morgan fingerprint density at radius 1 is 1.12 bits per heavy atom. The number of amides is 1. The smallest absolute Gasteiger partial charge is 0.275 e. The molecule has 0 bridgehead atoms. The van der Waals surface area contributed by atoms with Crippen LogP contribution in [0.25, 0.3) is 0 Å². The first kappa shape index (κ1) is 19.5. The van der Waals surface area contributed by atoms with E-state index in [2.05, 4.69) is 31.3 Å². The van der Waals surface area contributed by atoms with Crippen molar-refractivity contribution in [3.8, 4) is 11.5 Å². The summed E-state index contributed by atoms with van der Waals surface area (Å²) in [7, 11) is 3.32. The van der Waals surface area contributed by atoms with Gasteiger partial charge in [0.1, 0.15) is 32.7 Å². The fourth-order valence-corrected chi connectivity index (χ4v) is 3.24. The molecule has 1 saturated heterocycles. The highest BCUT2D eigenvalue weighted by molar-refractivity contribution is 5.77. The van der Waals surface area contributed by atoms with Crippen LogP contribution in [0.2, 0.25) is 0 Å². The number of hydrogen-bond acceptors (Lipinski definition) is 3. The number of methoxy groups -OCH3 is 2. The van der Waals surface area contributed by atoms with E-state index in [1.807, 2.05) is 6.07 Å². The van der Waals surface area contributed by atoms with Gasteiger partial charge < -0.3 is 24.6 Å². The second kappa shape index (κ2) is 9.63. The van der Waals surface area contributed by atoms with Crippen LogP contribution in [0.1, 0.15) is 25.8 Å². The van der Waals surface area contributed by atoms with E-state index in [1.165, 1.54) is 10.5 Å². The van der Waals surface area contributed by atoms with Crippen LogP contribution in [0, 0.1) is 0 Å². The van der Waals surface area contributed by atoms with E-state index in [0.29, 0.717) is 6.54 Å². The summed E-state index contributed by atoms with van der Waals surface area (Å²) in [4.78, 5) is 15.0. The molecule has 0 radical (unpaired) electrons. The van der Waals surface area contributed by atoms with Crippen molar-refractivity contribution in [2.75, 3.05) is 46.9 Å². The molecule has 2 rings (SSSR count). The van der Waals surface area contributed by atoms with Crippen LogP contribution in [0.3, 0.4) is 0 Å². The molecule has 3 N–H and O–H groups in total. The first-order valence-corrected chi connectivity index (χ1v) is 9.23. The highest BCUT2D eigenvalue weighted by Crippen LogP contribution is 2.27. The normalized spacial score (nSPS) is 21.4. The van der Waals surface area contributed by atoms with Gasteiger partial charge in [0.25, 0.3) is 5.91 Å². The molecule has 1 aromatic rings. The standard InChI is InChI=1S/C19H31N3O3/c1-5-15(2)20-19(23)14-22-10-8-21(9-11-22)13-16-6-7-17(24-3)18(12-16)25-4/h6-7,12,15H,5,8-11,13-14H2,1-4H3,(H,20,23)/p+2/t15-/m1/s1. The van der Waals surface area contributed by atoms with Gasteiger partial charge in [-0.25, -0.2) is 0 Å². The number of nitrogens with one attached hydrogen (secondary N) is 3. The molecule has 1 atom stereocenters. The fourth-order valence-electron chi connectivity index (χ4n) is 3.24. The van der Waals surface area contributed by atoms with Gasteiger partial charge in [-0.3, -0.25) is 4.79 Å². The quantitative estimate of drug-likeness (QED) is 0.557. The largest absolute Gasteiger partial charge is 0.493 e. The minimum Gasteiger partial charge on any atom is -0.493 e. The van der Waals surface area contributed by atoms with Crippen molar-refractivity contribution in [2.24, 2.45) is 0 Å². The molecule has 1 aliphatic heterocycles. The minimum atomic E-state index is 0.174. The zero-order chi connectivity index (χ0) is 18.2. The molecule has 0 unspecified atom stereocenters. The van der Waals surface area contributed by atoms with Gasteiger partial charge in [-0.2, -0.15) is 0 Å². The number of benzene rings is 1. The maximum atomic E-state index is 12.0. The molecule has 6 nitrogen and oxygen atoms in total. The topological polar surface area (TPSA) is 56.4 Å². The van der Waals surface area contributed by atoms with Gasteiger partial charge in [0.05, 0.1) is 14.2 Å². The summed E-state index contributed by atoms with van der Waals surface area (Å²) >= 11 is 0. The van der Waals surface area contributed by atoms with Crippen LogP contribution < -0.4 is 24.6 Å². The number of carbonyl (C=O) groups is 1. The molecular weight excluding hydrogens is 318 g/mol. The Labute approximate surface area is 151 Å². The number of carbonyl (C=O) groups excluding carboxylic acids is 1. The zero-order valence-electron chi connectivity index (χ0n) is 16.0. The molecule has 140 valence electrons. The molecule has 0 saturated carbocycles. The number of rotatable bonds is 8. The Hall–Kier alpha value is -1.79. The highest BCUT2D eigenvalue weighted by atomic mass is 16.5. The van der Waals surface area contributed by atoms with Crippen molar-refractivity contribution in [2.45, 2.75) is 32.9 Å². The molecule has 0 aromatic heterocycles. The van der Waals surface area contributed by atoms with Crippen molar-refractivity contribution < 1.29 is 24.1 Å².